The van der Waals surface area contributed by atoms with Crippen molar-refractivity contribution in [3.8, 4) is 0 Å². The molecule has 0 atom stereocenters. The number of hydrogen-bond acceptors (Lipinski definition) is 2. The highest BCUT2D eigenvalue weighted by atomic mass is 19.1. The number of rotatable bonds is 3. The Hall–Kier alpha value is -2.03. The van der Waals surface area contributed by atoms with Crippen LogP contribution < -0.4 is 10.2 Å². The Labute approximate surface area is 125 Å². The molecule has 0 saturated carbocycles. The normalized spacial score (nSPS) is 16.0. The van der Waals surface area contributed by atoms with Crippen LogP contribution in [0.4, 0.5) is 15.8 Å². The first-order valence-electron chi connectivity index (χ1n) is 7.55. The summed E-state index contributed by atoms with van der Waals surface area (Å²) < 4.78 is 13.3. The SMILES string of the molecule is Cc1ccc(F)cc1NC1CCN(c2ccccc2)CC1. The van der Waals surface area contributed by atoms with E-state index >= 15 is 0 Å². The highest BCUT2D eigenvalue weighted by molar-refractivity contribution is 5.52. The molecule has 0 unspecified atom stereocenters. The zero-order valence-electron chi connectivity index (χ0n) is 12.3. The second-order valence-electron chi connectivity index (χ2n) is 5.70. The number of anilines is 2. The van der Waals surface area contributed by atoms with Gasteiger partial charge < -0.3 is 10.2 Å². The molecule has 2 aromatic rings. The van der Waals surface area contributed by atoms with E-state index in [-0.39, 0.29) is 5.82 Å². The van der Waals surface area contributed by atoms with Crippen LogP contribution in [0.2, 0.25) is 0 Å². The molecule has 0 spiro atoms. The van der Waals surface area contributed by atoms with Gasteiger partial charge in [0.25, 0.3) is 0 Å². The molecule has 1 saturated heterocycles. The van der Waals surface area contributed by atoms with Crippen molar-refractivity contribution in [3.05, 3.63) is 59.9 Å². The summed E-state index contributed by atoms with van der Waals surface area (Å²) in [7, 11) is 0. The van der Waals surface area contributed by atoms with Gasteiger partial charge in [0.1, 0.15) is 5.82 Å². The van der Waals surface area contributed by atoms with Crippen molar-refractivity contribution in [2.24, 2.45) is 0 Å². The number of piperidine rings is 1. The minimum absolute atomic E-state index is 0.176. The Bertz CT molecular complexity index is 589. The van der Waals surface area contributed by atoms with Gasteiger partial charge in [-0.15, -0.1) is 0 Å². The fourth-order valence-electron chi connectivity index (χ4n) is 2.89. The number of para-hydroxylation sites is 1. The Morgan fingerprint density at radius 2 is 1.76 bits per heavy atom. The van der Waals surface area contributed by atoms with E-state index in [0.29, 0.717) is 6.04 Å². The van der Waals surface area contributed by atoms with Gasteiger partial charge in [-0.1, -0.05) is 24.3 Å². The summed E-state index contributed by atoms with van der Waals surface area (Å²) >= 11 is 0. The van der Waals surface area contributed by atoms with Crippen LogP contribution in [-0.2, 0) is 0 Å². The van der Waals surface area contributed by atoms with Gasteiger partial charge in [0, 0.05) is 30.5 Å². The van der Waals surface area contributed by atoms with Crippen LogP contribution in [0, 0.1) is 12.7 Å². The molecule has 2 nitrogen and oxygen atoms in total. The Morgan fingerprint density at radius 1 is 1.05 bits per heavy atom. The van der Waals surface area contributed by atoms with E-state index in [1.807, 2.05) is 19.1 Å². The number of benzene rings is 2. The monoisotopic (exact) mass is 284 g/mol. The summed E-state index contributed by atoms with van der Waals surface area (Å²) in [5.41, 5.74) is 3.31. The fourth-order valence-corrected chi connectivity index (χ4v) is 2.89. The van der Waals surface area contributed by atoms with Crippen molar-refractivity contribution in [2.45, 2.75) is 25.8 Å². The summed E-state index contributed by atoms with van der Waals surface area (Å²) in [6, 6.07) is 15.9. The van der Waals surface area contributed by atoms with Crippen molar-refractivity contribution in [3.63, 3.8) is 0 Å². The lowest BCUT2D eigenvalue weighted by Gasteiger charge is -2.34. The standard InChI is InChI=1S/C18H21FN2/c1-14-7-8-15(19)13-18(14)20-16-9-11-21(12-10-16)17-5-3-2-4-6-17/h2-8,13,16,20H,9-12H2,1H3. The summed E-state index contributed by atoms with van der Waals surface area (Å²) in [6.07, 6.45) is 2.15. The fraction of sp³-hybridized carbons (Fsp3) is 0.333. The molecule has 0 amide bonds. The first-order chi connectivity index (χ1) is 10.2. The predicted octanol–water partition coefficient (Wildman–Crippen LogP) is 4.22. The van der Waals surface area contributed by atoms with E-state index < -0.39 is 0 Å². The molecule has 1 N–H and O–H groups in total. The highest BCUT2D eigenvalue weighted by Crippen LogP contribution is 2.23. The molecule has 3 rings (SSSR count). The van der Waals surface area contributed by atoms with E-state index in [4.69, 9.17) is 0 Å². The van der Waals surface area contributed by atoms with Gasteiger partial charge in [-0.05, 0) is 49.6 Å². The minimum atomic E-state index is -0.176. The number of halogens is 1. The minimum Gasteiger partial charge on any atom is -0.382 e. The first kappa shape index (κ1) is 13.9. The molecule has 1 aliphatic rings. The van der Waals surface area contributed by atoms with E-state index in [1.165, 1.54) is 11.8 Å². The number of nitrogens with one attached hydrogen (secondary N) is 1. The Kier molecular flexibility index (Phi) is 4.09. The van der Waals surface area contributed by atoms with Gasteiger partial charge in [0.2, 0.25) is 0 Å². The van der Waals surface area contributed by atoms with Gasteiger partial charge in [-0.3, -0.25) is 0 Å². The topological polar surface area (TPSA) is 15.3 Å². The molecule has 0 bridgehead atoms. The third kappa shape index (κ3) is 3.35. The third-order valence-corrected chi connectivity index (χ3v) is 4.18. The molecule has 0 radical (unpaired) electrons. The first-order valence-corrected chi connectivity index (χ1v) is 7.55. The van der Waals surface area contributed by atoms with Crippen LogP contribution in [0.1, 0.15) is 18.4 Å². The average Bonchev–Trinajstić information content (AvgIpc) is 2.53. The zero-order valence-corrected chi connectivity index (χ0v) is 12.3. The van der Waals surface area contributed by atoms with Gasteiger partial charge in [-0.2, -0.15) is 0 Å². The second-order valence-corrected chi connectivity index (χ2v) is 5.70. The van der Waals surface area contributed by atoms with Gasteiger partial charge >= 0.3 is 0 Å². The molecule has 1 fully saturated rings. The zero-order chi connectivity index (χ0) is 14.7. The Morgan fingerprint density at radius 3 is 2.48 bits per heavy atom. The largest absolute Gasteiger partial charge is 0.382 e. The van der Waals surface area contributed by atoms with Gasteiger partial charge in [0.15, 0.2) is 0 Å². The maximum atomic E-state index is 13.3. The summed E-state index contributed by atoms with van der Waals surface area (Å²) in [6.45, 7) is 4.09. The average molecular weight is 284 g/mol. The van der Waals surface area contributed by atoms with Crippen LogP contribution in [0.5, 0.6) is 0 Å². The van der Waals surface area contributed by atoms with Crippen LogP contribution in [0.15, 0.2) is 48.5 Å². The quantitative estimate of drug-likeness (QED) is 0.908. The molecular formula is C18H21FN2. The third-order valence-electron chi connectivity index (χ3n) is 4.18. The van der Waals surface area contributed by atoms with Gasteiger partial charge in [-0.25, -0.2) is 4.39 Å². The van der Waals surface area contributed by atoms with E-state index in [0.717, 1.165) is 37.2 Å². The predicted molar refractivity (Wildman–Crippen MR) is 86.4 cm³/mol. The van der Waals surface area contributed by atoms with Crippen molar-refractivity contribution in [1.29, 1.82) is 0 Å². The smallest absolute Gasteiger partial charge is 0.125 e. The lowest BCUT2D eigenvalue weighted by atomic mass is 10.0. The summed E-state index contributed by atoms with van der Waals surface area (Å²) in [5, 5.41) is 3.50. The van der Waals surface area contributed by atoms with Crippen molar-refractivity contribution in [2.75, 3.05) is 23.3 Å². The van der Waals surface area contributed by atoms with E-state index in [1.54, 1.807) is 6.07 Å². The lowest BCUT2D eigenvalue weighted by molar-refractivity contribution is 0.526. The molecule has 1 heterocycles. The molecule has 110 valence electrons. The van der Waals surface area contributed by atoms with Crippen molar-refractivity contribution in [1.82, 2.24) is 0 Å². The molecule has 0 aliphatic carbocycles. The molecule has 0 aromatic heterocycles. The number of nitrogens with zero attached hydrogens (tertiary/aromatic N) is 1. The Balaban J connectivity index is 1.60. The van der Waals surface area contributed by atoms with Crippen LogP contribution in [0.25, 0.3) is 0 Å². The van der Waals surface area contributed by atoms with Crippen LogP contribution >= 0.6 is 0 Å². The molecule has 3 heteroatoms. The van der Waals surface area contributed by atoms with Gasteiger partial charge in [0.05, 0.1) is 0 Å². The van der Waals surface area contributed by atoms with Crippen LogP contribution in [0.3, 0.4) is 0 Å². The highest BCUT2D eigenvalue weighted by Gasteiger charge is 2.19. The molecule has 21 heavy (non-hydrogen) atoms. The van der Waals surface area contributed by atoms with E-state index in [2.05, 4.69) is 34.5 Å². The number of hydrogen-bond donors (Lipinski definition) is 1. The van der Waals surface area contributed by atoms with Crippen LogP contribution in [-0.4, -0.2) is 19.1 Å². The molecular weight excluding hydrogens is 263 g/mol. The van der Waals surface area contributed by atoms with Crippen molar-refractivity contribution < 1.29 is 4.39 Å². The molecule has 1 aliphatic heterocycles. The second kappa shape index (κ2) is 6.17. The molecule has 2 aromatic carbocycles. The summed E-state index contributed by atoms with van der Waals surface area (Å²) in [4.78, 5) is 2.41. The van der Waals surface area contributed by atoms with E-state index in [9.17, 15) is 4.39 Å². The maximum Gasteiger partial charge on any atom is 0.125 e. The lowest BCUT2D eigenvalue weighted by Crippen LogP contribution is -2.39. The van der Waals surface area contributed by atoms with Crippen molar-refractivity contribution >= 4 is 11.4 Å². The maximum absolute atomic E-state index is 13.3. The number of aryl methyl sites for hydroxylation is 1. The summed E-state index contributed by atoms with van der Waals surface area (Å²) in [5.74, 6) is -0.176.